The van der Waals surface area contributed by atoms with E-state index in [4.69, 9.17) is 0 Å². The molecule has 1 saturated carbocycles. The smallest absolute Gasteiger partial charge is 0.115 e. The molecule has 1 aromatic carbocycles. The number of aliphatic hydroxyl groups is 1. The van der Waals surface area contributed by atoms with Crippen LogP contribution in [0.2, 0.25) is 0 Å². The third kappa shape index (κ3) is 4.00. The fourth-order valence-corrected chi connectivity index (χ4v) is 2.67. The lowest BCUT2D eigenvalue weighted by Gasteiger charge is -2.27. The maximum atomic E-state index is 10.5. The van der Waals surface area contributed by atoms with Gasteiger partial charge in [-0.25, -0.2) is 0 Å². The van der Waals surface area contributed by atoms with Crippen molar-refractivity contribution in [2.24, 2.45) is 0 Å². The van der Waals surface area contributed by atoms with Crippen LogP contribution in [0.15, 0.2) is 24.3 Å². The molecule has 0 bridgehead atoms. The minimum atomic E-state index is -0.534. The molecule has 1 aliphatic rings. The molecule has 100 valence electrons. The molecule has 0 saturated heterocycles. The molecule has 0 unspecified atom stereocenters. The predicted octanol–water partition coefficient (Wildman–Crippen LogP) is 2.57. The molecular formula is C15H23NO2. The summed E-state index contributed by atoms with van der Waals surface area (Å²) in [5, 5.41) is 23.1. The number of phenolic OH excluding ortho intramolecular Hbond substituents is 1. The third-order valence-corrected chi connectivity index (χ3v) is 3.73. The molecule has 1 fully saturated rings. The molecule has 3 N–H and O–H groups in total. The monoisotopic (exact) mass is 249 g/mol. The Morgan fingerprint density at radius 2 is 1.83 bits per heavy atom. The fourth-order valence-electron chi connectivity index (χ4n) is 2.67. The van der Waals surface area contributed by atoms with E-state index in [0.29, 0.717) is 18.8 Å². The van der Waals surface area contributed by atoms with Gasteiger partial charge in [0, 0.05) is 13.1 Å². The molecule has 0 atom stereocenters. The first-order valence-electron chi connectivity index (χ1n) is 6.89. The molecule has 3 heteroatoms. The molecule has 0 aromatic heterocycles. The second kappa shape index (κ2) is 6.21. The molecule has 1 aromatic rings. The van der Waals surface area contributed by atoms with Crippen LogP contribution in [0.25, 0.3) is 0 Å². The zero-order valence-corrected chi connectivity index (χ0v) is 10.9. The number of rotatable bonds is 4. The Morgan fingerprint density at radius 1 is 1.11 bits per heavy atom. The molecule has 0 aliphatic heterocycles. The summed E-state index contributed by atoms with van der Waals surface area (Å²) >= 11 is 0. The highest BCUT2D eigenvalue weighted by Crippen LogP contribution is 2.26. The Labute approximate surface area is 109 Å². The van der Waals surface area contributed by atoms with Crippen molar-refractivity contribution in [3.8, 4) is 5.75 Å². The summed E-state index contributed by atoms with van der Waals surface area (Å²) in [6.07, 6.45) is 6.55. The second-order valence-corrected chi connectivity index (χ2v) is 5.41. The molecule has 2 rings (SSSR count). The highest BCUT2D eigenvalue weighted by Gasteiger charge is 2.27. The van der Waals surface area contributed by atoms with Gasteiger partial charge in [-0.3, -0.25) is 0 Å². The van der Waals surface area contributed by atoms with Crippen molar-refractivity contribution in [1.29, 1.82) is 0 Å². The van der Waals surface area contributed by atoms with Crippen molar-refractivity contribution < 1.29 is 10.2 Å². The summed E-state index contributed by atoms with van der Waals surface area (Å²) in [5.74, 6) is 0.294. The van der Waals surface area contributed by atoms with Crippen molar-refractivity contribution in [2.45, 2.75) is 50.7 Å². The van der Waals surface area contributed by atoms with Crippen LogP contribution in [0.5, 0.6) is 5.75 Å². The van der Waals surface area contributed by atoms with E-state index < -0.39 is 5.60 Å². The Bertz CT molecular complexity index is 371. The molecule has 0 spiro atoms. The van der Waals surface area contributed by atoms with E-state index in [1.165, 1.54) is 12.8 Å². The fraction of sp³-hybridized carbons (Fsp3) is 0.600. The minimum Gasteiger partial charge on any atom is -0.508 e. The SMILES string of the molecule is Oc1cccc(CNCC2(O)CCCCCC2)c1. The van der Waals surface area contributed by atoms with Gasteiger partial charge in [-0.2, -0.15) is 0 Å². The lowest BCUT2D eigenvalue weighted by Crippen LogP contribution is -2.39. The number of hydrogen-bond donors (Lipinski definition) is 3. The molecule has 0 radical (unpaired) electrons. The van der Waals surface area contributed by atoms with Crippen LogP contribution in [0, 0.1) is 0 Å². The summed E-state index contributed by atoms with van der Waals surface area (Å²) in [6.45, 7) is 1.33. The van der Waals surface area contributed by atoms with E-state index >= 15 is 0 Å². The van der Waals surface area contributed by atoms with Gasteiger partial charge < -0.3 is 15.5 Å². The van der Waals surface area contributed by atoms with Gasteiger partial charge in [-0.05, 0) is 30.5 Å². The number of benzene rings is 1. The van der Waals surface area contributed by atoms with Crippen molar-refractivity contribution >= 4 is 0 Å². The lowest BCUT2D eigenvalue weighted by molar-refractivity contribution is 0.0250. The summed E-state index contributed by atoms with van der Waals surface area (Å²) in [5.41, 5.74) is 0.514. The van der Waals surface area contributed by atoms with Gasteiger partial charge in [0.15, 0.2) is 0 Å². The van der Waals surface area contributed by atoms with E-state index in [0.717, 1.165) is 31.2 Å². The first kappa shape index (κ1) is 13.4. The third-order valence-electron chi connectivity index (χ3n) is 3.73. The predicted molar refractivity (Wildman–Crippen MR) is 72.5 cm³/mol. The van der Waals surface area contributed by atoms with Crippen LogP contribution in [-0.4, -0.2) is 22.4 Å². The van der Waals surface area contributed by atoms with E-state index in [2.05, 4.69) is 5.32 Å². The first-order valence-corrected chi connectivity index (χ1v) is 6.89. The summed E-state index contributed by atoms with van der Waals surface area (Å²) in [6, 6.07) is 7.24. The standard InChI is InChI=1S/C15H23NO2/c17-14-7-5-6-13(10-14)11-16-12-15(18)8-3-1-2-4-9-15/h5-7,10,16-18H,1-4,8-9,11-12H2. The van der Waals surface area contributed by atoms with Crippen LogP contribution in [0.1, 0.15) is 44.1 Å². The van der Waals surface area contributed by atoms with Gasteiger partial charge in [0.05, 0.1) is 5.60 Å². The van der Waals surface area contributed by atoms with Gasteiger partial charge in [0.2, 0.25) is 0 Å². The Morgan fingerprint density at radius 3 is 2.50 bits per heavy atom. The summed E-state index contributed by atoms with van der Waals surface area (Å²) < 4.78 is 0. The van der Waals surface area contributed by atoms with Gasteiger partial charge in [-0.1, -0.05) is 37.8 Å². The topological polar surface area (TPSA) is 52.5 Å². The van der Waals surface area contributed by atoms with E-state index in [-0.39, 0.29) is 0 Å². The largest absolute Gasteiger partial charge is 0.508 e. The van der Waals surface area contributed by atoms with E-state index in [1.54, 1.807) is 12.1 Å². The number of phenols is 1. The summed E-state index contributed by atoms with van der Waals surface area (Å²) in [7, 11) is 0. The zero-order chi connectivity index (χ0) is 12.8. The van der Waals surface area contributed by atoms with Crippen LogP contribution in [0.4, 0.5) is 0 Å². The molecule has 0 heterocycles. The minimum absolute atomic E-state index is 0.294. The molecule has 3 nitrogen and oxygen atoms in total. The number of nitrogens with one attached hydrogen (secondary N) is 1. The molecule has 18 heavy (non-hydrogen) atoms. The highest BCUT2D eigenvalue weighted by molar-refractivity contribution is 5.26. The lowest BCUT2D eigenvalue weighted by atomic mass is 9.94. The summed E-state index contributed by atoms with van der Waals surface area (Å²) in [4.78, 5) is 0. The number of hydrogen-bond acceptors (Lipinski definition) is 3. The quantitative estimate of drug-likeness (QED) is 0.719. The maximum Gasteiger partial charge on any atom is 0.115 e. The van der Waals surface area contributed by atoms with Crippen LogP contribution in [-0.2, 0) is 6.54 Å². The first-order chi connectivity index (χ1) is 8.68. The van der Waals surface area contributed by atoms with E-state index in [9.17, 15) is 10.2 Å². The Hall–Kier alpha value is -1.06. The Kier molecular flexibility index (Phi) is 4.61. The maximum absolute atomic E-state index is 10.5. The van der Waals surface area contributed by atoms with E-state index in [1.807, 2.05) is 12.1 Å². The van der Waals surface area contributed by atoms with Gasteiger partial charge in [0.1, 0.15) is 5.75 Å². The highest BCUT2D eigenvalue weighted by atomic mass is 16.3. The average Bonchev–Trinajstić information content (AvgIpc) is 2.55. The van der Waals surface area contributed by atoms with Crippen molar-refractivity contribution in [3.05, 3.63) is 29.8 Å². The van der Waals surface area contributed by atoms with Gasteiger partial charge in [-0.15, -0.1) is 0 Å². The number of aromatic hydroxyl groups is 1. The normalized spacial score (nSPS) is 19.4. The second-order valence-electron chi connectivity index (χ2n) is 5.41. The van der Waals surface area contributed by atoms with Crippen molar-refractivity contribution in [1.82, 2.24) is 5.32 Å². The Balaban J connectivity index is 1.80. The zero-order valence-electron chi connectivity index (χ0n) is 10.9. The van der Waals surface area contributed by atoms with Crippen LogP contribution < -0.4 is 5.32 Å². The van der Waals surface area contributed by atoms with Crippen LogP contribution >= 0.6 is 0 Å². The van der Waals surface area contributed by atoms with Gasteiger partial charge in [0.25, 0.3) is 0 Å². The van der Waals surface area contributed by atoms with Crippen LogP contribution in [0.3, 0.4) is 0 Å². The van der Waals surface area contributed by atoms with Gasteiger partial charge >= 0.3 is 0 Å². The van der Waals surface area contributed by atoms with Crippen molar-refractivity contribution in [2.75, 3.05) is 6.54 Å². The average molecular weight is 249 g/mol. The van der Waals surface area contributed by atoms with Crippen molar-refractivity contribution in [3.63, 3.8) is 0 Å². The molecule has 0 amide bonds. The molecule has 1 aliphatic carbocycles. The molecular weight excluding hydrogens is 226 g/mol.